The topological polar surface area (TPSA) is 59.6 Å². The smallest absolute Gasteiger partial charge is 0.314 e. The maximum atomic E-state index is 11.4. The number of para-hydroxylation sites is 1. The van der Waals surface area contributed by atoms with Gasteiger partial charge in [-0.1, -0.05) is 18.2 Å². The van der Waals surface area contributed by atoms with Crippen LogP contribution in [0.25, 0.3) is 0 Å². The number of nitrogens with one attached hydrogen (secondary N) is 2. The molecule has 0 atom stereocenters. The van der Waals surface area contributed by atoms with Crippen molar-refractivity contribution in [2.24, 2.45) is 0 Å². The number of carbonyl (C=O) groups excluding carboxylic acids is 1. The van der Waals surface area contributed by atoms with Crippen LogP contribution in [-0.2, 0) is 11.2 Å². The lowest BCUT2D eigenvalue weighted by atomic mass is 10.1. The number of hydrogen-bond donors (Lipinski definition) is 2. The van der Waals surface area contributed by atoms with Gasteiger partial charge in [0, 0.05) is 20.2 Å². The van der Waals surface area contributed by atoms with Crippen LogP contribution in [0.5, 0.6) is 5.75 Å². The second kappa shape index (κ2) is 8.36. The van der Waals surface area contributed by atoms with Gasteiger partial charge in [-0.15, -0.1) is 0 Å². The van der Waals surface area contributed by atoms with E-state index in [1.165, 1.54) is 0 Å². The Morgan fingerprint density at radius 1 is 1.17 bits per heavy atom. The van der Waals surface area contributed by atoms with Crippen LogP contribution in [-0.4, -0.2) is 39.9 Å². The average Bonchev–Trinajstić information content (AvgIpc) is 2.39. The molecule has 5 nitrogen and oxygen atoms in total. The quantitative estimate of drug-likeness (QED) is 0.716. The fraction of sp³-hybridized carbons (Fsp3) is 0.462. The molecule has 2 amide bonds. The second-order valence-corrected chi connectivity index (χ2v) is 3.74. The standard InChI is InChI=1S/C13H20N2O3/c1-17-10-9-15-13(16)14-8-7-11-5-3-4-6-12(11)18-2/h3-6H,7-10H2,1-2H3,(H2,14,15,16). The van der Waals surface area contributed by atoms with Crippen molar-refractivity contribution in [3.8, 4) is 5.75 Å². The molecule has 0 radical (unpaired) electrons. The predicted octanol–water partition coefficient (Wildman–Crippen LogP) is 1.18. The minimum atomic E-state index is -0.179. The number of amides is 2. The molecule has 0 unspecified atom stereocenters. The molecule has 0 aromatic heterocycles. The maximum Gasteiger partial charge on any atom is 0.314 e. The number of urea groups is 1. The molecule has 0 spiro atoms. The van der Waals surface area contributed by atoms with Gasteiger partial charge < -0.3 is 20.1 Å². The summed E-state index contributed by atoms with van der Waals surface area (Å²) >= 11 is 0. The summed E-state index contributed by atoms with van der Waals surface area (Å²) in [6, 6.07) is 7.60. The van der Waals surface area contributed by atoms with Crippen LogP contribution in [0.2, 0.25) is 0 Å². The highest BCUT2D eigenvalue weighted by atomic mass is 16.5. The molecule has 5 heteroatoms. The maximum absolute atomic E-state index is 11.4. The first-order chi connectivity index (χ1) is 8.77. The highest BCUT2D eigenvalue weighted by Gasteiger charge is 2.02. The van der Waals surface area contributed by atoms with E-state index in [1.807, 2.05) is 24.3 Å². The van der Waals surface area contributed by atoms with E-state index in [4.69, 9.17) is 9.47 Å². The zero-order valence-corrected chi connectivity index (χ0v) is 10.9. The molecule has 0 saturated heterocycles. The van der Waals surface area contributed by atoms with E-state index in [-0.39, 0.29) is 6.03 Å². The van der Waals surface area contributed by atoms with E-state index in [2.05, 4.69) is 10.6 Å². The van der Waals surface area contributed by atoms with Crippen LogP contribution in [0.4, 0.5) is 4.79 Å². The van der Waals surface area contributed by atoms with Gasteiger partial charge in [-0.3, -0.25) is 0 Å². The Labute approximate surface area is 107 Å². The lowest BCUT2D eigenvalue weighted by Gasteiger charge is -2.09. The number of benzene rings is 1. The van der Waals surface area contributed by atoms with Crippen molar-refractivity contribution in [3.63, 3.8) is 0 Å². The Morgan fingerprint density at radius 2 is 1.89 bits per heavy atom. The van der Waals surface area contributed by atoms with Gasteiger partial charge in [0.2, 0.25) is 0 Å². The highest BCUT2D eigenvalue weighted by molar-refractivity contribution is 5.73. The van der Waals surface area contributed by atoms with E-state index in [0.29, 0.717) is 19.7 Å². The molecule has 100 valence electrons. The van der Waals surface area contributed by atoms with Crippen LogP contribution >= 0.6 is 0 Å². The van der Waals surface area contributed by atoms with Crippen LogP contribution in [0, 0.1) is 0 Å². The summed E-state index contributed by atoms with van der Waals surface area (Å²) in [5, 5.41) is 5.47. The summed E-state index contributed by atoms with van der Waals surface area (Å²) in [6.45, 7) is 1.59. The van der Waals surface area contributed by atoms with E-state index in [1.54, 1.807) is 14.2 Å². The molecule has 0 aliphatic heterocycles. The van der Waals surface area contributed by atoms with Gasteiger partial charge in [0.25, 0.3) is 0 Å². The average molecular weight is 252 g/mol. The Morgan fingerprint density at radius 3 is 2.61 bits per heavy atom. The van der Waals surface area contributed by atoms with E-state index in [9.17, 15) is 4.79 Å². The number of hydrogen-bond acceptors (Lipinski definition) is 3. The molecule has 0 aliphatic rings. The first-order valence-corrected chi connectivity index (χ1v) is 5.90. The largest absolute Gasteiger partial charge is 0.496 e. The number of ether oxygens (including phenoxy) is 2. The van der Waals surface area contributed by atoms with Crippen molar-refractivity contribution >= 4 is 6.03 Å². The SMILES string of the molecule is COCCNC(=O)NCCc1ccccc1OC. The van der Waals surface area contributed by atoms with Gasteiger partial charge in [0.05, 0.1) is 13.7 Å². The summed E-state index contributed by atoms with van der Waals surface area (Å²) in [7, 11) is 3.24. The first kappa shape index (κ1) is 14.3. The molecule has 2 N–H and O–H groups in total. The molecule has 0 fully saturated rings. The Balaban J connectivity index is 2.26. The van der Waals surface area contributed by atoms with Gasteiger partial charge in [0.1, 0.15) is 5.75 Å². The fourth-order valence-corrected chi connectivity index (χ4v) is 1.55. The fourth-order valence-electron chi connectivity index (χ4n) is 1.55. The first-order valence-electron chi connectivity index (χ1n) is 5.90. The van der Waals surface area contributed by atoms with Crippen molar-refractivity contribution in [2.45, 2.75) is 6.42 Å². The minimum absolute atomic E-state index is 0.179. The van der Waals surface area contributed by atoms with E-state index < -0.39 is 0 Å². The third kappa shape index (κ3) is 5.05. The van der Waals surface area contributed by atoms with Crippen molar-refractivity contribution < 1.29 is 14.3 Å². The Bertz CT molecular complexity index is 369. The molecule has 0 heterocycles. The third-order valence-electron chi connectivity index (χ3n) is 2.46. The van der Waals surface area contributed by atoms with Crippen molar-refractivity contribution in [1.29, 1.82) is 0 Å². The molecule has 1 aromatic carbocycles. The van der Waals surface area contributed by atoms with E-state index in [0.717, 1.165) is 17.7 Å². The highest BCUT2D eigenvalue weighted by Crippen LogP contribution is 2.16. The molecule has 0 aliphatic carbocycles. The van der Waals surface area contributed by atoms with Crippen molar-refractivity contribution in [2.75, 3.05) is 33.9 Å². The van der Waals surface area contributed by atoms with Gasteiger partial charge in [0.15, 0.2) is 0 Å². The number of rotatable bonds is 7. The van der Waals surface area contributed by atoms with E-state index >= 15 is 0 Å². The van der Waals surface area contributed by atoms with Gasteiger partial charge in [-0.25, -0.2) is 4.79 Å². The van der Waals surface area contributed by atoms with Crippen LogP contribution in [0.15, 0.2) is 24.3 Å². The summed E-state index contributed by atoms with van der Waals surface area (Å²) in [5.74, 6) is 0.846. The Kier molecular flexibility index (Phi) is 6.64. The van der Waals surface area contributed by atoms with Crippen LogP contribution in [0.3, 0.4) is 0 Å². The summed E-state index contributed by atoms with van der Waals surface area (Å²) in [5.41, 5.74) is 1.08. The molecule has 1 aromatic rings. The Hall–Kier alpha value is -1.75. The summed E-state index contributed by atoms with van der Waals surface area (Å²) in [4.78, 5) is 11.4. The molecule has 1 rings (SSSR count). The van der Waals surface area contributed by atoms with Gasteiger partial charge in [-0.2, -0.15) is 0 Å². The predicted molar refractivity (Wildman–Crippen MR) is 70.0 cm³/mol. The normalized spacial score (nSPS) is 9.89. The molecule has 0 saturated carbocycles. The van der Waals surface area contributed by atoms with Crippen molar-refractivity contribution in [1.82, 2.24) is 10.6 Å². The molecule has 18 heavy (non-hydrogen) atoms. The van der Waals surface area contributed by atoms with Crippen LogP contribution < -0.4 is 15.4 Å². The molecule has 0 bridgehead atoms. The second-order valence-electron chi connectivity index (χ2n) is 3.74. The summed E-state index contributed by atoms with van der Waals surface area (Å²) < 4.78 is 10.1. The minimum Gasteiger partial charge on any atom is -0.496 e. The lowest BCUT2D eigenvalue weighted by molar-refractivity contribution is 0.196. The lowest BCUT2D eigenvalue weighted by Crippen LogP contribution is -2.38. The molecular formula is C13H20N2O3. The monoisotopic (exact) mass is 252 g/mol. The number of methoxy groups -OCH3 is 2. The summed E-state index contributed by atoms with van der Waals surface area (Å²) in [6.07, 6.45) is 0.738. The van der Waals surface area contributed by atoms with Crippen LogP contribution in [0.1, 0.15) is 5.56 Å². The zero-order chi connectivity index (χ0) is 13.2. The van der Waals surface area contributed by atoms with Gasteiger partial charge >= 0.3 is 6.03 Å². The molecular weight excluding hydrogens is 232 g/mol. The van der Waals surface area contributed by atoms with Crippen molar-refractivity contribution in [3.05, 3.63) is 29.8 Å². The van der Waals surface area contributed by atoms with Gasteiger partial charge in [-0.05, 0) is 18.1 Å². The third-order valence-corrected chi connectivity index (χ3v) is 2.46. The number of carbonyl (C=O) groups is 1. The zero-order valence-electron chi connectivity index (χ0n) is 10.9.